The van der Waals surface area contributed by atoms with Crippen LogP contribution in [0.4, 0.5) is 0 Å². The lowest BCUT2D eigenvalue weighted by Crippen LogP contribution is -2.31. The van der Waals surface area contributed by atoms with Crippen molar-refractivity contribution >= 4 is 5.97 Å². The quantitative estimate of drug-likeness (QED) is 0.452. The van der Waals surface area contributed by atoms with E-state index in [-0.39, 0.29) is 5.97 Å². The van der Waals surface area contributed by atoms with Crippen LogP contribution in [0.5, 0.6) is 0 Å². The molecule has 0 aromatic heterocycles. The molecule has 0 spiro atoms. The zero-order valence-electron chi connectivity index (χ0n) is 7.00. The Morgan fingerprint density at radius 3 is 2.64 bits per heavy atom. The van der Waals surface area contributed by atoms with Gasteiger partial charge in [-0.2, -0.15) is 0 Å². The Kier molecular flexibility index (Phi) is 5.78. The molecule has 0 saturated heterocycles. The number of hydrogen-bond acceptors (Lipinski definition) is 4. The second-order valence-electron chi connectivity index (χ2n) is 2.26. The number of methoxy groups -OCH3 is 2. The first-order valence-corrected chi connectivity index (χ1v) is 3.54. The molecule has 0 aliphatic heterocycles. The van der Waals surface area contributed by atoms with Crippen molar-refractivity contribution in [3.63, 3.8) is 0 Å². The Labute approximate surface area is 66.7 Å². The van der Waals surface area contributed by atoms with Gasteiger partial charge in [0.2, 0.25) is 0 Å². The second kappa shape index (κ2) is 6.12. The van der Waals surface area contributed by atoms with E-state index in [1.54, 1.807) is 7.11 Å². The van der Waals surface area contributed by atoms with E-state index in [1.807, 2.05) is 0 Å². The summed E-state index contributed by atoms with van der Waals surface area (Å²) in [5.41, 5.74) is 5.44. The zero-order chi connectivity index (χ0) is 8.69. The minimum atomic E-state index is -0.504. The van der Waals surface area contributed by atoms with Crippen LogP contribution in [-0.2, 0) is 14.3 Å². The van der Waals surface area contributed by atoms with Gasteiger partial charge in [-0.25, -0.2) is 0 Å². The van der Waals surface area contributed by atoms with Crippen LogP contribution in [0, 0.1) is 0 Å². The minimum absolute atomic E-state index is 0.360. The highest BCUT2D eigenvalue weighted by atomic mass is 16.5. The predicted octanol–water partition coefficient (Wildman–Crippen LogP) is -0.0867. The van der Waals surface area contributed by atoms with E-state index in [1.165, 1.54) is 7.11 Å². The van der Waals surface area contributed by atoms with Crippen molar-refractivity contribution in [2.75, 3.05) is 20.8 Å². The van der Waals surface area contributed by atoms with Gasteiger partial charge in [-0.3, -0.25) is 4.79 Å². The van der Waals surface area contributed by atoms with Crippen molar-refractivity contribution in [2.45, 2.75) is 18.9 Å². The summed E-state index contributed by atoms with van der Waals surface area (Å²) in [5, 5.41) is 0. The maximum absolute atomic E-state index is 10.7. The Balaban J connectivity index is 3.36. The lowest BCUT2D eigenvalue weighted by Gasteiger charge is -2.07. The number of hydrogen-bond donors (Lipinski definition) is 1. The third-order valence-electron chi connectivity index (χ3n) is 1.37. The molecule has 0 fully saturated rings. The summed E-state index contributed by atoms with van der Waals surface area (Å²) >= 11 is 0. The van der Waals surface area contributed by atoms with Gasteiger partial charge < -0.3 is 15.2 Å². The van der Waals surface area contributed by atoms with Gasteiger partial charge in [0.1, 0.15) is 6.04 Å². The van der Waals surface area contributed by atoms with E-state index in [9.17, 15) is 4.79 Å². The van der Waals surface area contributed by atoms with Crippen molar-refractivity contribution in [1.29, 1.82) is 0 Å². The third kappa shape index (κ3) is 4.75. The fourth-order valence-corrected chi connectivity index (χ4v) is 0.717. The van der Waals surface area contributed by atoms with Gasteiger partial charge in [0, 0.05) is 13.7 Å². The molecule has 4 nitrogen and oxygen atoms in total. The molecule has 0 unspecified atom stereocenters. The van der Waals surface area contributed by atoms with Crippen molar-refractivity contribution < 1.29 is 14.3 Å². The van der Waals surface area contributed by atoms with E-state index in [2.05, 4.69) is 4.74 Å². The molecule has 1 atom stereocenters. The molecule has 0 aromatic rings. The molecule has 0 amide bonds. The number of nitrogens with two attached hydrogens (primary N) is 1. The van der Waals surface area contributed by atoms with Crippen LogP contribution in [0.1, 0.15) is 12.8 Å². The fourth-order valence-electron chi connectivity index (χ4n) is 0.717. The van der Waals surface area contributed by atoms with E-state index in [0.717, 1.165) is 6.42 Å². The Bertz CT molecular complexity index is 116. The van der Waals surface area contributed by atoms with Crippen molar-refractivity contribution in [3.8, 4) is 0 Å². The molecule has 66 valence electrons. The predicted molar refractivity (Wildman–Crippen MR) is 41.1 cm³/mol. The van der Waals surface area contributed by atoms with Crippen LogP contribution >= 0.6 is 0 Å². The first kappa shape index (κ1) is 10.4. The fraction of sp³-hybridized carbons (Fsp3) is 0.857. The van der Waals surface area contributed by atoms with Crippen molar-refractivity contribution in [3.05, 3.63) is 0 Å². The molecule has 0 aromatic carbocycles. The number of carbonyl (C=O) groups excluding carboxylic acids is 1. The Morgan fingerprint density at radius 2 is 2.18 bits per heavy atom. The summed E-state index contributed by atoms with van der Waals surface area (Å²) < 4.78 is 9.24. The van der Waals surface area contributed by atoms with Crippen molar-refractivity contribution in [2.24, 2.45) is 5.73 Å². The van der Waals surface area contributed by atoms with Gasteiger partial charge in [0.25, 0.3) is 0 Å². The van der Waals surface area contributed by atoms with Crippen LogP contribution in [0.3, 0.4) is 0 Å². The van der Waals surface area contributed by atoms with E-state index < -0.39 is 6.04 Å². The smallest absolute Gasteiger partial charge is 0.322 e. The Morgan fingerprint density at radius 1 is 1.55 bits per heavy atom. The lowest BCUT2D eigenvalue weighted by atomic mass is 10.2. The van der Waals surface area contributed by atoms with Gasteiger partial charge in [0.15, 0.2) is 0 Å². The van der Waals surface area contributed by atoms with Crippen LogP contribution in [-0.4, -0.2) is 32.8 Å². The van der Waals surface area contributed by atoms with Gasteiger partial charge in [-0.15, -0.1) is 0 Å². The summed E-state index contributed by atoms with van der Waals surface area (Å²) in [4.78, 5) is 10.7. The summed E-state index contributed by atoms with van der Waals surface area (Å²) in [6.07, 6.45) is 1.40. The summed E-state index contributed by atoms with van der Waals surface area (Å²) in [7, 11) is 2.95. The highest BCUT2D eigenvalue weighted by molar-refractivity contribution is 5.75. The van der Waals surface area contributed by atoms with E-state index in [0.29, 0.717) is 13.0 Å². The minimum Gasteiger partial charge on any atom is -0.468 e. The highest BCUT2D eigenvalue weighted by Crippen LogP contribution is 1.95. The zero-order valence-corrected chi connectivity index (χ0v) is 7.00. The molecule has 0 radical (unpaired) electrons. The topological polar surface area (TPSA) is 61.5 Å². The standard InChI is InChI=1S/C7H15NO3/c1-10-5-3-4-6(8)7(9)11-2/h6H,3-5,8H2,1-2H3/t6-/m0/s1. The summed E-state index contributed by atoms with van der Waals surface area (Å²) in [5.74, 6) is -0.360. The first-order valence-electron chi connectivity index (χ1n) is 3.54. The molecule has 0 rings (SSSR count). The van der Waals surface area contributed by atoms with Crippen LogP contribution < -0.4 is 5.73 Å². The molecular weight excluding hydrogens is 146 g/mol. The monoisotopic (exact) mass is 161 g/mol. The van der Waals surface area contributed by atoms with E-state index in [4.69, 9.17) is 10.5 Å². The maximum atomic E-state index is 10.7. The average molecular weight is 161 g/mol. The van der Waals surface area contributed by atoms with Crippen LogP contribution in [0.2, 0.25) is 0 Å². The number of esters is 1. The lowest BCUT2D eigenvalue weighted by molar-refractivity contribution is -0.142. The highest BCUT2D eigenvalue weighted by Gasteiger charge is 2.11. The largest absolute Gasteiger partial charge is 0.468 e. The number of ether oxygens (including phenoxy) is 2. The van der Waals surface area contributed by atoms with Gasteiger partial charge in [-0.05, 0) is 12.8 Å². The number of rotatable bonds is 5. The molecule has 0 aliphatic carbocycles. The molecule has 2 N–H and O–H groups in total. The normalized spacial score (nSPS) is 12.6. The SMILES string of the molecule is COCCC[C@H](N)C(=O)OC. The van der Waals surface area contributed by atoms with Crippen LogP contribution in [0.25, 0.3) is 0 Å². The molecule has 4 heteroatoms. The molecule has 0 saturated carbocycles. The molecule has 0 aliphatic rings. The molecular formula is C7H15NO3. The van der Waals surface area contributed by atoms with Crippen LogP contribution in [0.15, 0.2) is 0 Å². The molecule has 0 bridgehead atoms. The van der Waals surface area contributed by atoms with Crippen molar-refractivity contribution in [1.82, 2.24) is 0 Å². The molecule has 11 heavy (non-hydrogen) atoms. The number of carbonyl (C=O) groups is 1. The third-order valence-corrected chi connectivity index (χ3v) is 1.37. The average Bonchev–Trinajstić information content (AvgIpc) is 2.03. The first-order chi connectivity index (χ1) is 5.22. The summed E-state index contributed by atoms with van der Waals surface area (Å²) in [6, 6.07) is -0.504. The van der Waals surface area contributed by atoms with E-state index >= 15 is 0 Å². The van der Waals surface area contributed by atoms with Gasteiger partial charge in [0.05, 0.1) is 7.11 Å². The second-order valence-corrected chi connectivity index (χ2v) is 2.26. The maximum Gasteiger partial charge on any atom is 0.322 e. The molecule has 0 heterocycles. The summed E-state index contributed by atoms with van der Waals surface area (Å²) in [6.45, 7) is 0.630. The van der Waals surface area contributed by atoms with Gasteiger partial charge >= 0.3 is 5.97 Å². The Hall–Kier alpha value is -0.610. The van der Waals surface area contributed by atoms with Gasteiger partial charge in [-0.1, -0.05) is 0 Å².